The molecule has 0 saturated carbocycles. The normalized spacial score (nSPS) is 13.4. The summed E-state index contributed by atoms with van der Waals surface area (Å²) >= 11 is 0. The van der Waals surface area contributed by atoms with Gasteiger partial charge in [0.25, 0.3) is 5.91 Å². The molecule has 7 nitrogen and oxygen atoms in total. The zero-order valence-corrected chi connectivity index (χ0v) is 14.7. The molecule has 0 fully saturated rings. The maximum absolute atomic E-state index is 12.6. The number of fused-ring (bicyclic) bond motifs is 1. The Bertz CT molecular complexity index is 763. The first-order valence-corrected chi connectivity index (χ1v) is 8.18. The smallest absolute Gasteiger partial charge is 0.268 e. The summed E-state index contributed by atoms with van der Waals surface area (Å²) in [6, 6.07) is 9.27. The molecule has 0 aliphatic heterocycles. The summed E-state index contributed by atoms with van der Waals surface area (Å²) < 4.78 is 0. The van der Waals surface area contributed by atoms with E-state index >= 15 is 0 Å². The molecule has 1 aromatic heterocycles. The lowest BCUT2D eigenvalue weighted by atomic mass is 9.89. The van der Waals surface area contributed by atoms with Crippen molar-refractivity contribution >= 4 is 28.6 Å². The van der Waals surface area contributed by atoms with Crippen LogP contribution in [0.5, 0.6) is 0 Å². The molecule has 7 heteroatoms. The number of H-pyrrole nitrogens is 1. The van der Waals surface area contributed by atoms with E-state index in [-0.39, 0.29) is 18.4 Å². The van der Waals surface area contributed by atoms with Crippen molar-refractivity contribution in [3.05, 3.63) is 36.0 Å². The molecule has 0 spiro atoms. The van der Waals surface area contributed by atoms with Crippen LogP contribution in [-0.2, 0) is 9.59 Å². The predicted octanol–water partition coefficient (Wildman–Crippen LogP) is 1.30. The predicted molar refractivity (Wildman–Crippen MR) is 95.8 cm³/mol. The quantitative estimate of drug-likeness (QED) is 0.606. The zero-order valence-electron chi connectivity index (χ0n) is 14.7. The highest BCUT2D eigenvalue weighted by Crippen LogP contribution is 2.19. The van der Waals surface area contributed by atoms with Gasteiger partial charge in [-0.3, -0.25) is 14.4 Å². The molecule has 0 unspecified atom stereocenters. The first-order chi connectivity index (χ1) is 11.7. The second kappa shape index (κ2) is 7.38. The van der Waals surface area contributed by atoms with Gasteiger partial charge in [-0.15, -0.1) is 0 Å². The molecule has 0 aliphatic rings. The number of para-hydroxylation sites is 1. The number of nitrogens with two attached hydrogens (primary N) is 1. The van der Waals surface area contributed by atoms with Gasteiger partial charge in [-0.25, -0.2) is 0 Å². The summed E-state index contributed by atoms with van der Waals surface area (Å²) in [6.45, 7) is 5.28. The fraction of sp³-hybridized carbons (Fsp3) is 0.389. The van der Waals surface area contributed by atoms with Crippen molar-refractivity contribution < 1.29 is 14.4 Å². The number of primary amides is 1. The largest absolute Gasteiger partial charge is 0.368 e. The molecule has 0 radical (unpaired) electrons. The third-order valence-corrected chi connectivity index (χ3v) is 3.90. The van der Waals surface area contributed by atoms with Crippen molar-refractivity contribution in [2.24, 2.45) is 11.7 Å². The number of benzene rings is 1. The Labute approximate surface area is 146 Å². The molecule has 3 amide bonds. The van der Waals surface area contributed by atoms with E-state index in [1.807, 2.05) is 38.1 Å². The molecule has 0 saturated heterocycles. The molecule has 0 aliphatic carbocycles. The van der Waals surface area contributed by atoms with E-state index in [2.05, 4.69) is 15.6 Å². The number of carbonyl (C=O) groups is 3. The first kappa shape index (κ1) is 18.5. The fourth-order valence-electron chi connectivity index (χ4n) is 2.89. The van der Waals surface area contributed by atoms with Gasteiger partial charge < -0.3 is 21.4 Å². The van der Waals surface area contributed by atoms with Crippen molar-refractivity contribution in [2.45, 2.75) is 32.7 Å². The van der Waals surface area contributed by atoms with E-state index in [1.54, 1.807) is 13.0 Å². The number of amides is 3. The number of aromatic amines is 1. The third kappa shape index (κ3) is 4.59. The summed E-state index contributed by atoms with van der Waals surface area (Å²) in [7, 11) is 0. The summed E-state index contributed by atoms with van der Waals surface area (Å²) in [5.41, 5.74) is 5.14. The Kier molecular flexibility index (Phi) is 5.46. The minimum atomic E-state index is -1.15. The Hall–Kier alpha value is -2.83. The van der Waals surface area contributed by atoms with Crippen LogP contribution in [0, 0.1) is 5.92 Å². The molecule has 0 bridgehead atoms. The van der Waals surface area contributed by atoms with Gasteiger partial charge >= 0.3 is 0 Å². The summed E-state index contributed by atoms with van der Waals surface area (Å²) in [6.07, 6.45) is 0.420. The summed E-state index contributed by atoms with van der Waals surface area (Å²) in [4.78, 5) is 39.1. The highest BCUT2D eigenvalue weighted by Gasteiger charge is 2.36. The van der Waals surface area contributed by atoms with E-state index in [0.29, 0.717) is 12.1 Å². The minimum Gasteiger partial charge on any atom is -0.368 e. The van der Waals surface area contributed by atoms with Crippen LogP contribution in [0.4, 0.5) is 0 Å². The standard InChI is InChI=1S/C18H24N4O3/c1-11(2)9-18(3,17(25)20-10-15(19)23)22-16(24)14-8-12-6-4-5-7-13(12)21-14/h4-8,11,21H,9-10H2,1-3H3,(H2,19,23)(H,20,25)(H,22,24)/t18-/m1/s1. The zero-order chi connectivity index (χ0) is 18.6. The topological polar surface area (TPSA) is 117 Å². The van der Waals surface area contributed by atoms with Crippen LogP contribution in [0.2, 0.25) is 0 Å². The molecule has 1 atom stereocenters. The monoisotopic (exact) mass is 344 g/mol. The van der Waals surface area contributed by atoms with Crippen LogP contribution in [-0.4, -0.2) is 34.8 Å². The maximum atomic E-state index is 12.6. The van der Waals surface area contributed by atoms with Crippen LogP contribution in [0.1, 0.15) is 37.7 Å². The Morgan fingerprint density at radius 3 is 2.52 bits per heavy atom. The van der Waals surface area contributed by atoms with E-state index in [0.717, 1.165) is 10.9 Å². The van der Waals surface area contributed by atoms with Crippen molar-refractivity contribution in [3.63, 3.8) is 0 Å². The molecule has 25 heavy (non-hydrogen) atoms. The second-order valence-corrected chi connectivity index (χ2v) is 6.80. The number of hydrogen-bond acceptors (Lipinski definition) is 3. The lowest BCUT2D eigenvalue weighted by Gasteiger charge is -2.30. The third-order valence-electron chi connectivity index (χ3n) is 3.90. The van der Waals surface area contributed by atoms with Crippen LogP contribution < -0.4 is 16.4 Å². The van der Waals surface area contributed by atoms with Crippen LogP contribution >= 0.6 is 0 Å². The van der Waals surface area contributed by atoms with E-state index in [1.165, 1.54) is 0 Å². The van der Waals surface area contributed by atoms with Crippen LogP contribution in [0.25, 0.3) is 10.9 Å². The second-order valence-electron chi connectivity index (χ2n) is 6.80. The van der Waals surface area contributed by atoms with Crippen molar-refractivity contribution in [2.75, 3.05) is 6.54 Å². The number of aromatic nitrogens is 1. The Morgan fingerprint density at radius 1 is 1.24 bits per heavy atom. The van der Waals surface area contributed by atoms with Gasteiger partial charge in [0, 0.05) is 10.9 Å². The van der Waals surface area contributed by atoms with Gasteiger partial charge in [-0.2, -0.15) is 0 Å². The van der Waals surface area contributed by atoms with E-state index < -0.39 is 17.4 Å². The van der Waals surface area contributed by atoms with Gasteiger partial charge in [0.2, 0.25) is 11.8 Å². The highest BCUT2D eigenvalue weighted by atomic mass is 16.2. The van der Waals surface area contributed by atoms with Gasteiger partial charge in [-0.05, 0) is 31.4 Å². The molecule has 2 aromatic rings. The minimum absolute atomic E-state index is 0.160. The van der Waals surface area contributed by atoms with Gasteiger partial charge in [-0.1, -0.05) is 32.0 Å². The Morgan fingerprint density at radius 2 is 1.92 bits per heavy atom. The van der Waals surface area contributed by atoms with Crippen molar-refractivity contribution in [3.8, 4) is 0 Å². The molecule has 2 rings (SSSR count). The lowest BCUT2D eigenvalue weighted by Crippen LogP contribution is -2.58. The van der Waals surface area contributed by atoms with Crippen LogP contribution in [0.3, 0.4) is 0 Å². The average molecular weight is 344 g/mol. The molecular formula is C18H24N4O3. The summed E-state index contributed by atoms with van der Waals surface area (Å²) in [5, 5.41) is 6.18. The maximum Gasteiger partial charge on any atom is 0.268 e. The highest BCUT2D eigenvalue weighted by molar-refractivity contribution is 6.01. The van der Waals surface area contributed by atoms with Gasteiger partial charge in [0.1, 0.15) is 11.2 Å². The van der Waals surface area contributed by atoms with Crippen molar-refractivity contribution in [1.29, 1.82) is 0 Å². The summed E-state index contributed by atoms with van der Waals surface area (Å²) in [5.74, 6) is -1.30. The molecule has 1 heterocycles. The van der Waals surface area contributed by atoms with Gasteiger partial charge in [0.05, 0.1) is 6.54 Å². The number of hydrogen-bond donors (Lipinski definition) is 4. The fourth-order valence-corrected chi connectivity index (χ4v) is 2.89. The van der Waals surface area contributed by atoms with Crippen molar-refractivity contribution in [1.82, 2.24) is 15.6 Å². The van der Waals surface area contributed by atoms with Gasteiger partial charge in [0.15, 0.2) is 0 Å². The number of carbonyl (C=O) groups excluding carboxylic acids is 3. The SMILES string of the molecule is CC(C)C[C@@](C)(NC(=O)c1cc2ccccc2[nH]1)C(=O)NCC(N)=O. The molecule has 134 valence electrons. The van der Waals surface area contributed by atoms with E-state index in [9.17, 15) is 14.4 Å². The molecule has 1 aromatic carbocycles. The lowest BCUT2D eigenvalue weighted by molar-refractivity contribution is -0.129. The van der Waals surface area contributed by atoms with Crippen LogP contribution in [0.15, 0.2) is 30.3 Å². The number of rotatable bonds is 7. The average Bonchev–Trinajstić information content (AvgIpc) is 2.95. The number of nitrogens with one attached hydrogen (secondary N) is 3. The molecular weight excluding hydrogens is 320 g/mol. The van der Waals surface area contributed by atoms with E-state index in [4.69, 9.17) is 5.73 Å². The Balaban J connectivity index is 2.21. The first-order valence-electron chi connectivity index (χ1n) is 8.18. The molecule has 5 N–H and O–H groups in total.